The third kappa shape index (κ3) is 9.82. The van der Waals surface area contributed by atoms with Crippen LogP contribution in [0.1, 0.15) is 44.5 Å². The SMILES string of the molecule is C1#CC#Cc2ccccc2C#CC#Cc2ccccc2C#CC#CC#CC#Cc2ccccc2C#CC#Cc2ccccc2C#CC#C1. The summed E-state index contributed by atoms with van der Waals surface area (Å²) >= 11 is 0. The second kappa shape index (κ2) is 17.7. The highest BCUT2D eigenvalue weighted by Gasteiger charge is 1.96. The van der Waals surface area contributed by atoms with Gasteiger partial charge in [-0.2, -0.15) is 0 Å². The maximum Gasteiger partial charge on any atom is 0.0412 e. The Morgan fingerprint density at radius 1 is 0.167 bits per heavy atom. The highest BCUT2D eigenvalue weighted by atomic mass is 14.0. The number of benzene rings is 4. The first-order valence-electron chi connectivity index (χ1n) is 14.3. The second-order valence-corrected chi connectivity index (χ2v) is 9.18. The quantitative estimate of drug-likeness (QED) is 0.233. The van der Waals surface area contributed by atoms with E-state index in [4.69, 9.17) is 0 Å². The summed E-state index contributed by atoms with van der Waals surface area (Å²) in [6.45, 7) is 0. The summed E-state index contributed by atoms with van der Waals surface area (Å²) in [4.78, 5) is 0. The Bertz CT molecular complexity index is 2340. The van der Waals surface area contributed by atoms with Gasteiger partial charge in [-0.05, 0) is 143 Å². The molecule has 0 spiro atoms. The molecule has 1 aliphatic rings. The van der Waals surface area contributed by atoms with Gasteiger partial charge in [0, 0.05) is 44.5 Å². The van der Waals surface area contributed by atoms with Gasteiger partial charge in [0.15, 0.2) is 0 Å². The summed E-state index contributed by atoms with van der Waals surface area (Å²) in [5.74, 6) is 69.2. The normalized spacial score (nSPS) is 9.67. The maximum absolute atomic E-state index is 3.07. The largest absolute Gasteiger partial charge is 0.0609 e. The van der Waals surface area contributed by atoms with E-state index in [0.717, 1.165) is 44.5 Å². The van der Waals surface area contributed by atoms with Gasteiger partial charge in [-0.1, -0.05) is 95.9 Å². The Morgan fingerprint density at radius 3 is 0.458 bits per heavy atom. The summed E-state index contributed by atoms with van der Waals surface area (Å²) in [5, 5.41) is 0. The lowest BCUT2D eigenvalue weighted by molar-refractivity contribution is 1.59. The van der Waals surface area contributed by atoms with Gasteiger partial charge < -0.3 is 0 Å². The summed E-state index contributed by atoms with van der Waals surface area (Å²) in [6.07, 6.45) is 0. The molecule has 0 bridgehead atoms. The van der Waals surface area contributed by atoms with Crippen LogP contribution in [0.4, 0.5) is 0 Å². The molecule has 0 heterocycles. The number of hydrogen-bond acceptors (Lipinski definition) is 0. The molecule has 0 saturated heterocycles. The third-order valence-electron chi connectivity index (χ3n) is 6.04. The van der Waals surface area contributed by atoms with Gasteiger partial charge in [0.2, 0.25) is 0 Å². The van der Waals surface area contributed by atoms with Crippen molar-refractivity contribution in [1.29, 1.82) is 0 Å². The van der Waals surface area contributed by atoms with Crippen LogP contribution in [0.25, 0.3) is 0 Å². The van der Waals surface area contributed by atoms with Crippen molar-refractivity contribution in [1.82, 2.24) is 0 Å². The number of rotatable bonds is 0. The lowest BCUT2D eigenvalue weighted by Crippen LogP contribution is -1.83. The van der Waals surface area contributed by atoms with Crippen molar-refractivity contribution in [3.8, 4) is 142 Å². The molecule has 0 atom stereocenters. The van der Waals surface area contributed by atoms with Crippen LogP contribution in [0.2, 0.25) is 0 Å². The molecule has 0 unspecified atom stereocenters. The van der Waals surface area contributed by atoms with E-state index in [9.17, 15) is 0 Å². The smallest absolute Gasteiger partial charge is 0.0412 e. The molecule has 0 heteroatoms. The van der Waals surface area contributed by atoms with Crippen LogP contribution in [0.15, 0.2) is 97.1 Å². The topological polar surface area (TPSA) is 0 Å². The van der Waals surface area contributed by atoms with Crippen molar-refractivity contribution < 1.29 is 0 Å². The number of hydrogen-bond donors (Lipinski definition) is 0. The van der Waals surface area contributed by atoms with Gasteiger partial charge in [0.1, 0.15) is 0 Å². The molecule has 48 heavy (non-hydrogen) atoms. The Kier molecular flexibility index (Phi) is 11.4. The highest BCUT2D eigenvalue weighted by molar-refractivity contribution is 5.59. The summed E-state index contributed by atoms with van der Waals surface area (Å²) in [7, 11) is 0. The minimum absolute atomic E-state index is 0.741. The van der Waals surface area contributed by atoms with Crippen molar-refractivity contribution >= 4 is 0 Å². The molecule has 4 aromatic carbocycles. The van der Waals surface area contributed by atoms with Crippen LogP contribution in [-0.4, -0.2) is 0 Å². The monoisotopic (exact) mass is 592 g/mol. The zero-order valence-corrected chi connectivity index (χ0v) is 25.2. The van der Waals surface area contributed by atoms with Gasteiger partial charge in [-0.15, -0.1) is 0 Å². The van der Waals surface area contributed by atoms with Crippen LogP contribution in [0, 0.1) is 142 Å². The molecule has 1 aliphatic carbocycles. The predicted molar refractivity (Wildman–Crippen MR) is 192 cm³/mol. The van der Waals surface area contributed by atoms with Crippen LogP contribution >= 0.6 is 0 Å². The van der Waals surface area contributed by atoms with Gasteiger partial charge in [-0.25, -0.2) is 0 Å². The molecule has 0 saturated carbocycles. The summed E-state index contributed by atoms with van der Waals surface area (Å²) in [6, 6.07) is 30.2. The highest BCUT2D eigenvalue weighted by Crippen LogP contribution is 2.08. The first kappa shape index (κ1) is 31.0. The molecule has 0 amide bonds. The predicted octanol–water partition coefficient (Wildman–Crippen LogP) is 5.63. The summed E-state index contributed by atoms with van der Waals surface area (Å²) in [5.41, 5.74) is 5.95. The third-order valence-corrected chi connectivity index (χ3v) is 6.04. The molecule has 208 valence electrons. The van der Waals surface area contributed by atoms with E-state index in [1.165, 1.54) is 0 Å². The molecular weight excluding hydrogens is 577 g/mol. The van der Waals surface area contributed by atoms with E-state index in [1.54, 1.807) is 0 Å². The standard InChI is InChI=1S/C48H16/c1-2-6-10-26-42-30-14-18-34-46(42)38-23-24-40-48-36-20-16-32-44(48)28-12-8-4-3-7-11-27-43-31-15-19-35-47(43)39-22-21-37-45-33-17-13-29-41(45)25-9-5-1/h13-20,29-36H. The van der Waals surface area contributed by atoms with Crippen molar-refractivity contribution in [2.45, 2.75) is 0 Å². The van der Waals surface area contributed by atoms with Gasteiger partial charge in [-0.3, -0.25) is 0 Å². The van der Waals surface area contributed by atoms with E-state index in [2.05, 4.69) is 142 Å². The molecule has 0 radical (unpaired) electrons. The molecule has 0 aliphatic heterocycles. The molecule has 0 nitrogen and oxygen atoms in total. The minimum atomic E-state index is 0.741. The molecule has 4 aromatic rings. The maximum atomic E-state index is 3.07. The van der Waals surface area contributed by atoms with Crippen LogP contribution in [0.5, 0.6) is 0 Å². The van der Waals surface area contributed by atoms with E-state index in [0.29, 0.717) is 0 Å². The Morgan fingerprint density at radius 2 is 0.292 bits per heavy atom. The first-order chi connectivity index (χ1) is 23.9. The van der Waals surface area contributed by atoms with E-state index in [1.807, 2.05) is 97.1 Å². The summed E-state index contributed by atoms with van der Waals surface area (Å²) < 4.78 is 0. The fourth-order valence-electron chi connectivity index (χ4n) is 3.84. The molecule has 5 rings (SSSR count). The molecule has 0 fully saturated rings. The zero-order chi connectivity index (χ0) is 32.9. The fourth-order valence-corrected chi connectivity index (χ4v) is 3.84. The van der Waals surface area contributed by atoms with Crippen molar-refractivity contribution in [2.24, 2.45) is 0 Å². The lowest BCUT2D eigenvalue weighted by atomic mass is 10.1. The van der Waals surface area contributed by atoms with Crippen molar-refractivity contribution in [3.63, 3.8) is 0 Å². The number of fused-ring (bicyclic) bond motifs is 4. The van der Waals surface area contributed by atoms with Gasteiger partial charge in [0.25, 0.3) is 0 Å². The van der Waals surface area contributed by atoms with Crippen LogP contribution < -0.4 is 0 Å². The Balaban J connectivity index is 1.50. The van der Waals surface area contributed by atoms with Crippen LogP contribution in [-0.2, 0) is 0 Å². The van der Waals surface area contributed by atoms with Crippen LogP contribution in [0.3, 0.4) is 0 Å². The second-order valence-electron chi connectivity index (χ2n) is 9.18. The first-order valence-corrected chi connectivity index (χ1v) is 14.3. The molecule has 0 N–H and O–H groups in total. The minimum Gasteiger partial charge on any atom is -0.0609 e. The molecule has 0 aromatic heterocycles. The average Bonchev–Trinajstić information content (AvgIpc) is 3.12. The van der Waals surface area contributed by atoms with E-state index in [-0.39, 0.29) is 0 Å². The lowest BCUT2D eigenvalue weighted by Gasteiger charge is -1.94. The van der Waals surface area contributed by atoms with Gasteiger partial charge in [0.05, 0.1) is 0 Å². The van der Waals surface area contributed by atoms with Gasteiger partial charge >= 0.3 is 0 Å². The Hall–Kier alpha value is -8.40. The molecular formula is C48H16. The van der Waals surface area contributed by atoms with Crippen molar-refractivity contribution in [2.75, 3.05) is 0 Å². The van der Waals surface area contributed by atoms with E-state index >= 15 is 0 Å². The fraction of sp³-hybridized carbons (Fsp3) is 0. The zero-order valence-electron chi connectivity index (χ0n) is 25.2. The van der Waals surface area contributed by atoms with E-state index < -0.39 is 0 Å². The Labute approximate surface area is 282 Å². The average molecular weight is 593 g/mol. The van der Waals surface area contributed by atoms with Crippen molar-refractivity contribution in [3.05, 3.63) is 142 Å².